The summed E-state index contributed by atoms with van der Waals surface area (Å²) < 4.78 is 2.27. The molecule has 3 heteroatoms. The first-order valence-electron chi connectivity index (χ1n) is 7.27. The predicted molar refractivity (Wildman–Crippen MR) is 82.1 cm³/mol. The van der Waals surface area contributed by atoms with Crippen LogP contribution >= 0.6 is 0 Å². The number of pyridine rings is 1. The molecule has 1 aliphatic rings. The summed E-state index contributed by atoms with van der Waals surface area (Å²) in [5.74, 6) is 0.999. The Bertz CT molecular complexity index is 635. The van der Waals surface area contributed by atoms with Crippen molar-refractivity contribution in [3.05, 3.63) is 46.9 Å². The number of hydrogen-bond acceptors (Lipinski definition) is 2. The number of rotatable bonds is 1. The zero-order valence-electron chi connectivity index (χ0n) is 12.8. The molecule has 0 spiro atoms. The minimum Gasteiger partial charge on any atom is -0.324 e. The number of nitrogens with zero attached hydrogens (tertiary/aromatic N) is 2. The van der Waals surface area contributed by atoms with Gasteiger partial charge in [0.15, 0.2) is 0 Å². The molecule has 0 saturated heterocycles. The van der Waals surface area contributed by atoms with Gasteiger partial charge in [0.2, 0.25) is 0 Å². The normalized spacial score (nSPS) is 20.8. The van der Waals surface area contributed by atoms with Gasteiger partial charge in [-0.15, -0.1) is 0 Å². The second-order valence-corrected chi connectivity index (χ2v) is 6.87. The summed E-state index contributed by atoms with van der Waals surface area (Å²) in [4.78, 5) is 4.58. The van der Waals surface area contributed by atoms with E-state index in [1.165, 1.54) is 22.5 Å². The van der Waals surface area contributed by atoms with E-state index in [1.807, 2.05) is 6.20 Å². The van der Waals surface area contributed by atoms with Crippen molar-refractivity contribution in [1.82, 2.24) is 9.55 Å². The Morgan fingerprint density at radius 1 is 1.30 bits per heavy atom. The van der Waals surface area contributed by atoms with Gasteiger partial charge in [-0.2, -0.15) is 0 Å². The van der Waals surface area contributed by atoms with Crippen LogP contribution in [0.15, 0.2) is 24.4 Å². The summed E-state index contributed by atoms with van der Waals surface area (Å²) >= 11 is 0. The Morgan fingerprint density at radius 2 is 2.05 bits per heavy atom. The summed E-state index contributed by atoms with van der Waals surface area (Å²) in [6.45, 7) is 8.80. The van der Waals surface area contributed by atoms with Crippen molar-refractivity contribution in [3.63, 3.8) is 0 Å². The Kier molecular flexibility index (Phi) is 2.98. The fraction of sp³-hybridized carbons (Fsp3) is 0.471. The topological polar surface area (TPSA) is 43.8 Å². The number of nitrogens with two attached hydrogens (primary N) is 1. The van der Waals surface area contributed by atoms with Crippen LogP contribution in [0.4, 0.5) is 0 Å². The molecule has 2 aromatic heterocycles. The lowest BCUT2D eigenvalue weighted by Gasteiger charge is -2.34. The van der Waals surface area contributed by atoms with E-state index in [0.717, 1.165) is 18.7 Å². The molecule has 3 rings (SSSR count). The molecule has 2 aromatic rings. The Balaban J connectivity index is 2.16. The fourth-order valence-electron chi connectivity index (χ4n) is 3.36. The number of hydrogen-bond donors (Lipinski definition) is 1. The van der Waals surface area contributed by atoms with E-state index in [1.54, 1.807) is 0 Å². The molecular formula is C17H23N3. The van der Waals surface area contributed by atoms with Gasteiger partial charge in [-0.05, 0) is 55.4 Å². The maximum absolute atomic E-state index is 6.37. The van der Waals surface area contributed by atoms with Crippen LogP contribution in [0.1, 0.15) is 48.8 Å². The van der Waals surface area contributed by atoms with E-state index in [2.05, 4.69) is 55.4 Å². The Hall–Kier alpha value is -1.61. The third kappa shape index (κ3) is 2.16. The van der Waals surface area contributed by atoms with Gasteiger partial charge in [0, 0.05) is 23.6 Å². The average molecular weight is 269 g/mol. The molecular weight excluding hydrogens is 246 g/mol. The molecule has 1 atom stereocenters. The molecule has 1 unspecified atom stereocenters. The first-order valence-corrected chi connectivity index (χ1v) is 7.27. The summed E-state index contributed by atoms with van der Waals surface area (Å²) in [5.41, 5.74) is 11.7. The molecule has 106 valence electrons. The molecule has 2 heterocycles. The van der Waals surface area contributed by atoms with Gasteiger partial charge < -0.3 is 10.3 Å². The molecule has 0 radical (unpaired) electrons. The Morgan fingerprint density at radius 3 is 2.70 bits per heavy atom. The lowest BCUT2D eigenvalue weighted by molar-refractivity contribution is 0.278. The smallest absolute Gasteiger partial charge is 0.136 e. The quantitative estimate of drug-likeness (QED) is 0.861. The highest BCUT2D eigenvalue weighted by molar-refractivity contribution is 5.41. The highest BCUT2D eigenvalue weighted by Crippen LogP contribution is 2.41. The molecule has 2 N–H and O–H groups in total. The fourth-order valence-corrected chi connectivity index (χ4v) is 3.36. The second-order valence-electron chi connectivity index (χ2n) is 6.87. The van der Waals surface area contributed by atoms with Gasteiger partial charge >= 0.3 is 0 Å². The average Bonchev–Trinajstić information content (AvgIpc) is 2.66. The van der Waals surface area contributed by atoms with Gasteiger partial charge in [-0.25, -0.2) is 4.98 Å². The first-order chi connectivity index (χ1) is 9.37. The lowest BCUT2D eigenvalue weighted by atomic mass is 9.74. The van der Waals surface area contributed by atoms with Gasteiger partial charge in [0.25, 0.3) is 0 Å². The summed E-state index contributed by atoms with van der Waals surface area (Å²) in [7, 11) is 0. The zero-order chi connectivity index (χ0) is 14.5. The summed E-state index contributed by atoms with van der Waals surface area (Å²) in [6.07, 6.45) is 4.03. The van der Waals surface area contributed by atoms with Gasteiger partial charge in [0.05, 0.1) is 0 Å². The highest BCUT2D eigenvalue weighted by Gasteiger charge is 2.33. The molecule has 3 nitrogen and oxygen atoms in total. The van der Waals surface area contributed by atoms with Crippen molar-refractivity contribution in [3.8, 4) is 5.82 Å². The van der Waals surface area contributed by atoms with Crippen LogP contribution in [-0.4, -0.2) is 9.55 Å². The van der Waals surface area contributed by atoms with Crippen LogP contribution in [0.25, 0.3) is 5.82 Å². The minimum atomic E-state index is 0.138. The van der Waals surface area contributed by atoms with Crippen LogP contribution in [0.2, 0.25) is 0 Å². The van der Waals surface area contributed by atoms with Crippen LogP contribution in [0.5, 0.6) is 0 Å². The minimum absolute atomic E-state index is 0.138. The standard InChI is InChI=1S/C17H23N3/c1-11-5-6-16(19-10-11)20-12(2)7-13-14(18)8-17(3,4)9-15(13)20/h5-7,10,14H,8-9,18H2,1-4H3. The molecule has 1 aliphatic carbocycles. The van der Waals surface area contributed by atoms with Crippen molar-refractivity contribution in [2.45, 2.75) is 46.6 Å². The largest absolute Gasteiger partial charge is 0.324 e. The van der Waals surface area contributed by atoms with Crippen molar-refractivity contribution in [1.29, 1.82) is 0 Å². The maximum Gasteiger partial charge on any atom is 0.136 e. The maximum atomic E-state index is 6.37. The van der Waals surface area contributed by atoms with Crippen LogP contribution < -0.4 is 5.73 Å². The van der Waals surface area contributed by atoms with Gasteiger partial charge in [0.1, 0.15) is 5.82 Å². The second kappa shape index (κ2) is 4.45. The van der Waals surface area contributed by atoms with E-state index < -0.39 is 0 Å². The third-order valence-electron chi connectivity index (χ3n) is 4.26. The molecule has 20 heavy (non-hydrogen) atoms. The number of aryl methyl sites for hydroxylation is 2. The van der Waals surface area contributed by atoms with E-state index in [4.69, 9.17) is 5.73 Å². The number of fused-ring (bicyclic) bond motifs is 1. The van der Waals surface area contributed by atoms with Crippen LogP contribution in [0, 0.1) is 19.3 Å². The van der Waals surface area contributed by atoms with Crippen molar-refractivity contribution < 1.29 is 0 Å². The SMILES string of the molecule is Cc1ccc(-n2c(C)cc3c2CC(C)(C)CC3N)nc1. The Labute approximate surface area is 120 Å². The van der Waals surface area contributed by atoms with Crippen molar-refractivity contribution >= 4 is 0 Å². The predicted octanol–water partition coefficient (Wildman–Crippen LogP) is 3.46. The molecule has 0 bridgehead atoms. The molecule has 0 saturated carbocycles. The van der Waals surface area contributed by atoms with Crippen LogP contribution in [0.3, 0.4) is 0 Å². The summed E-state index contributed by atoms with van der Waals surface area (Å²) in [5, 5.41) is 0. The third-order valence-corrected chi connectivity index (χ3v) is 4.26. The van der Waals surface area contributed by atoms with E-state index in [0.29, 0.717) is 0 Å². The lowest BCUT2D eigenvalue weighted by Crippen LogP contribution is -2.30. The van der Waals surface area contributed by atoms with Crippen molar-refractivity contribution in [2.75, 3.05) is 0 Å². The molecule has 0 aromatic carbocycles. The first kappa shape index (κ1) is 13.4. The molecule has 0 fully saturated rings. The van der Waals surface area contributed by atoms with E-state index in [-0.39, 0.29) is 11.5 Å². The molecule has 0 aliphatic heterocycles. The molecule has 0 amide bonds. The van der Waals surface area contributed by atoms with Gasteiger partial charge in [-0.3, -0.25) is 0 Å². The monoisotopic (exact) mass is 269 g/mol. The van der Waals surface area contributed by atoms with Crippen molar-refractivity contribution in [2.24, 2.45) is 11.1 Å². The summed E-state index contributed by atoms with van der Waals surface area (Å²) in [6, 6.07) is 6.58. The number of aromatic nitrogens is 2. The van der Waals surface area contributed by atoms with E-state index in [9.17, 15) is 0 Å². The van der Waals surface area contributed by atoms with Gasteiger partial charge in [-0.1, -0.05) is 19.9 Å². The highest BCUT2D eigenvalue weighted by atomic mass is 15.1. The zero-order valence-corrected chi connectivity index (χ0v) is 12.8. The van der Waals surface area contributed by atoms with Crippen LogP contribution in [-0.2, 0) is 6.42 Å². The van der Waals surface area contributed by atoms with E-state index >= 15 is 0 Å².